The van der Waals surface area contributed by atoms with Crippen molar-refractivity contribution in [1.29, 1.82) is 0 Å². The molecule has 47 heavy (non-hydrogen) atoms. The highest BCUT2D eigenvalue weighted by Gasteiger charge is 2.24. The number of hydrogen-bond acceptors (Lipinski definition) is 4. The maximum atomic E-state index is 12.4. The third-order valence-electron chi connectivity index (χ3n) is 9.32. The molecule has 0 aliphatic carbocycles. The summed E-state index contributed by atoms with van der Waals surface area (Å²) in [6.45, 7) is 35.2. The van der Waals surface area contributed by atoms with Crippen molar-refractivity contribution in [1.82, 2.24) is 0 Å². The van der Waals surface area contributed by atoms with Crippen molar-refractivity contribution in [2.75, 3.05) is 0 Å². The van der Waals surface area contributed by atoms with Crippen LogP contribution in [0, 0.1) is 6.92 Å². The molecule has 3 aromatic rings. The lowest BCUT2D eigenvalue weighted by Crippen LogP contribution is -2.21. The molecule has 0 bridgehead atoms. The summed E-state index contributed by atoms with van der Waals surface area (Å²) < 4.78 is 0. The van der Waals surface area contributed by atoms with Crippen molar-refractivity contribution in [3.05, 3.63) is 87.5 Å². The summed E-state index contributed by atoms with van der Waals surface area (Å²) in [5, 5.41) is 34.0. The maximum absolute atomic E-state index is 12.4. The topological polar surface area (TPSA) is 83.4 Å². The van der Waals surface area contributed by atoms with Gasteiger partial charge >= 0.3 is 0 Å². The van der Waals surface area contributed by atoms with E-state index in [2.05, 4.69) is 96.1 Å². The lowest BCUT2D eigenvalue weighted by atomic mass is 9.76. The zero-order valence-corrected chi connectivity index (χ0v) is 32.7. The molecule has 0 heterocycles. The van der Waals surface area contributed by atoms with Crippen molar-refractivity contribution in [3.8, 4) is 17.2 Å². The Labute approximate surface area is 287 Å². The molecule has 0 amide bonds. The van der Waals surface area contributed by atoms with Gasteiger partial charge in [0, 0.05) is 5.56 Å². The normalized spacial score (nSPS) is 12.4. The molecule has 0 aromatic heterocycles. The van der Waals surface area contributed by atoms with E-state index >= 15 is 0 Å². The standard InChI is InChI=1S/C16H26O.C15H24O.C12H16O2/c1-7-15(3,4)12-9-10-14(17)13(11-12)16(5,6)8-2;1-10-8-11(14(2,3)4)13(16)12(9-10)15(5,6)7;1-8(13)9-5-6-11(14)10(7-9)12(2,3)4/h9-11,17H,7-8H2,1-6H3;8-9,16H,1-7H3;5-7,14H,1-4H3/p-2. The Morgan fingerprint density at radius 2 is 1.06 bits per heavy atom. The number of aromatic hydroxyl groups is 1. The van der Waals surface area contributed by atoms with Crippen LogP contribution in [0.5, 0.6) is 17.2 Å². The van der Waals surface area contributed by atoms with Crippen LogP contribution < -0.4 is 10.2 Å². The highest BCUT2D eigenvalue weighted by Crippen LogP contribution is 2.39. The predicted octanol–water partition coefficient (Wildman–Crippen LogP) is 10.7. The molecule has 0 aliphatic rings. The predicted molar refractivity (Wildman–Crippen MR) is 197 cm³/mol. The summed E-state index contributed by atoms with van der Waals surface area (Å²) in [5.41, 5.74) is 6.53. The van der Waals surface area contributed by atoms with Gasteiger partial charge in [-0.25, -0.2) is 0 Å². The van der Waals surface area contributed by atoms with Gasteiger partial charge in [0.2, 0.25) is 0 Å². The highest BCUT2D eigenvalue weighted by molar-refractivity contribution is 5.94. The van der Waals surface area contributed by atoms with Gasteiger partial charge in [-0.2, -0.15) is 0 Å². The Balaban J connectivity index is 0.000000354. The number of aryl methyl sites for hydroxylation is 1. The number of Topliss-reactive ketones (excluding diaryl/α,β-unsaturated/α-hetero) is 1. The van der Waals surface area contributed by atoms with E-state index in [0.29, 0.717) is 5.56 Å². The van der Waals surface area contributed by atoms with Crippen molar-refractivity contribution in [3.63, 3.8) is 0 Å². The quantitative estimate of drug-likeness (QED) is 0.280. The minimum absolute atomic E-state index is 0.0236. The van der Waals surface area contributed by atoms with Crippen LogP contribution >= 0.6 is 0 Å². The molecule has 4 heteroatoms. The monoisotopic (exact) mass is 644 g/mol. The highest BCUT2D eigenvalue weighted by atomic mass is 16.3. The van der Waals surface area contributed by atoms with Gasteiger partial charge in [0.15, 0.2) is 5.78 Å². The molecule has 0 unspecified atom stereocenters. The number of ketones is 1. The van der Waals surface area contributed by atoms with Crippen LogP contribution in [0.2, 0.25) is 0 Å². The summed E-state index contributed by atoms with van der Waals surface area (Å²) in [5.74, 6) is 0.663. The lowest BCUT2D eigenvalue weighted by molar-refractivity contribution is -0.272. The van der Waals surface area contributed by atoms with Gasteiger partial charge in [0.05, 0.1) is 0 Å². The van der Waals surface area contributed by atoms with Crippen molar-refractivity contribution in [2.24, 2.45) is 0 Å². The molecule has 4 nitrogen and oxygen atoms in total. The van der Waals surface area contributed by atoms with Crippen LogP contribution in [0.15, 0.2) is 48.5 Å². The third-order valence-corrected chi connectivity index (χ3v) is 9.32. The average Bonchev–Trinajstić information content (AvgIpc) is 2.93. The largest absolute Gasteiger partial charge is 0.872 e. The second-order valence-corrected chi connectivity index (χ2v) is 17.4. The first-order chi connectivity index (χ1) is 21.1. The lowest BCUT2D eigenvalue weighted by Gasteiger charge is -2.33. The van der Waals surface area contributed by atoms with E-state index in [1.165, 1.54) is 18.1 Å². The number of hydrogen-bond donors (Lipinski definition) is 1. The van der Waals surface area contributed by atoms with E-state index in [0.717, 1.165) is 35.1 Å². The van der Waals surface area contributed by atoms with Crippen molar-refractivity contribution >= 4 is 5.78 Å². The van der Waals surface area contributed by atoms with E-state index in [4.69, 9.17) is 0 Å². The molecule has 0 saturated heterocycles. The van der Waals surface area contributed by atoms with Gasteiger partial charge in [-0.3, -0.25) is 4.79 Å². The van der Waals surface area contributed by atoms with Gasteiger partial charge < -0.3 is 15.3 Å². The first-order valence-electron chi connectivity index (χ1n) is 17.1. The summed E-state index contributed by atoms with van der Waals surface area (Å²) in [6.07, 6.45) is 2.06. The Bertz CT molecular complexity index is 1470. The first-order valence-corrected chi connectivity index (χ1v) is 17.1. The molecule has 3 aromatic carbocycles. The summed E-state index contributed by atoms with van der Waals surface area (Å²) in [6, 6.07) is 14.9. The molecule has 0 aliphatic heterocycles. The van der Waals surface area contributed by atoms with Crippen LogP contribution in [-0.4, -0.2) is 10.9 Å². The molecule has 3 rings (SSSR count). The van der Waals surface area contributed by atoms with Crippen LogP contribution in [0.1, 0.15) is 167 Å². The van der Waals surface area contributed by atoms with E-state index < -0.39 is 0 Å². The zero-order chi connectivity index (χ0) is 36.9. The smallest absolute Gasteiger partial charge is 0.159 e. The minimum atomic E-state index is -0.143. The Hall–Kier alpha value is -3.27. The number of carbonyl (C=O) groups excluding carboxylic acids is 1. The van der Waals surface area contributed by atoms with Crippen LogP contribution in [-0.2, 0) is 27.1 Å². The maximum Gasteiger partial charge on any atom is 0.159 e. The van der Waals surface area contributed by atoms with Gasteiger partial charge in [-0.1, -0.05) is 140 Å². The molecule has 0 atom stereocenters. The molecule has 0 spiro atoms. The number of phenolic OH excluding ortho intramolecular Hbond substituents is 1. The van der Waals surface area contributed by atoms with E-state index in [9.17, 15) is 20.1 Å². The van der Waals surface area contributed by atoms with Crippen LogP contribution in [0.4, 0.5) is 0 Å². The van der Waals surface area contributed by atoms with Gasteiger partial charge in [0.1, 0.15) is 5.75 Å². The second-order valence-electron chi connectivity index (χ2n) is 17.4. The zero-order valence-electron chi connectivity index (χ0n) is 32.7. The van der Waals surface area contributed by atoms with Gasteiger partial charge in [-0.15, -0.1) is 11.5 Å². The van der Waals surface area contributed by atoms with Gasteiger partial charge in [0.25, 0.3) is 0 Å². The number of benzene rings is 3. The SMILES string of the molecule is CC(=O)c1ccc(O)c(C(C)(C)C)c1.CCC(C)(C)c1ccc([O-])c(C(C)(C)CC)c1.Cc1cc(C(C)(C)C)c([O-])c(C(C)(C)C)c1. The molecular weight excluding hydrogens is 580 g/mol. The fourth-order valence-corrected chi connectivity index (χ4v) is 5.12. The minimum Gasteiger partial charge on any atom is -0.872 e. The van der Waals surface area contributed by atoms with E-state index in [1.807, 2.05) is 39.0 Å². The van der Waals surface area contributed by atoms with Gasteiger partial charge in [-0.05, 0) is 99.8 Å². The molecule has 1 N–H and O–H groups in total. The van der Waals surface area contributed by atoms with E-state index in [-0.39, 0.29) is 50.1 Å². The average molecular weight is 645 g/mol. The Morgan fingerprint density at radius 3 is 1.45 bits per heavy atom. The number of phenols is 1. The molecular formula is C43H64O4-2. The molecule has 0 saturated carbocycles. The second kappa shape index (κ2) is 15.3. The summed E-state index contributed by atoms with van der Waals surface area (Å²) in [7, 11) is 0. The fourth-order valence-electron chi connectivity index (χ4n) is 5.12. The third kappa shape index (κ3) is 11.4. The fraction of sp³-hybridized carbons (Fsp3) is 0.558. The molecule has 0 radical (unpaired) electrons. The summed E-state index contributed by atoms with van der Waals surface area (Å²) >= 11 is 0. The van der Waals surface area contributed by atoms with Crippen molar-refractivity contribution in [2.45, 2.75) is 158 Å². The first kappa shape index (κ1) is 41.8. The number of rotatable bonds is 5. The molecule has 262 valence electrons. The van der Waals surface area contributed by atoms with Crippen molar-refractivity contribution < 1.29 is 20.1 Å². The van der Waals surface area contributed by atoms with Crippen LogP contribution in [0.3, 0.4) is 0 Å². The van der Waals surface area contributed by atoms with E-state index in [1.54, 1.807) is 24.3 Å². The Morgan fingerprint density at radius 1 is 0.617 bits per heavy atom. The Kier molecular flexibility index (Phi) is 13.6. The number of carbonyl (C=O) groups is 1. The molecule has 0 fully saturated rings. The van der Waals surface area contributed by atoms with Crippen LogP contribution in [0.25, 0.3) is 0 Å². The summed E-state index contributed by atoms with van der Waals surface area (Å²) in [4.78, 5) is 11.2.